The Bertz CT molecular complexity index is 1820. The largest absolute Gasteiger partial charge is 0.493 e. The van der Waals surface area contributed by atoms with E-state index in [9.17, 15) is 19.2 Å². The summed E-state index contributed by atoms with van der Waals surface area (Å²) in [7, 11) is 5.73. The third-order valence-electron chi connectivity index (χ3n) is 7.15. The first-order valence-electron chi connectivity index (χ1n) is 15.2. The molecular formula is C37H37N3O8S. The molecule has 0 aliphatic rings. The van der Waals surface area contributed by atoms with Crippen molar-refractivity contribution in [1.82, 2.24) is 5.32 Å². The second-order valence-electron chi connectivity index (χ2n) is 10.4. The number of amides is 3. The van der Waals surface area contributed by atoms with Crippen molar-refractivity contribution < 1.29 is 38.1 Å². The Labute approximate surface area is 289 Å². The molecule has 1 atom stereocenters. The van der Waals surface area contributed by atoms with Gasteiger partial charge in [0.15, 0.2) is 11.5 Å². The molecule has 0 aromatic heterocycles. The molecule has 254 valence electrons. The number of rotatable bonds is 14. The van der Waals surface area contributed by atoms with Gasteiger partial charge < -0.3 is 34.9 Å². The lowest BCUT2D eigenvalue weighted by atomic mass is 10.1. The van der Waals surface area contributed by atoms with Crippen molar-refractivity contribution >= 4 is 52.9 Å². The van der Waals surface area contributed by atoms with E-state index in [0.717, 1.165) is 0 Å². The molecule has 0 radical (unpaired) electrons. The van der Waals surface area contributed by atoms with Crippen LogP contribution in [0.1, 0.15) is 39.6 Å². The molecule has 0 heterocycles. The first-order chi connectivity index (χ1) is 23.7. The van der Waals surface area contributed by atoms with Crippen molar-refractivity contribution in [2.24, 2.45) is 0 Å². The minimum absolute atomic E-state index is 0.0451. The third kappa shape index (κ3) is 9.42. The van der Waals surface area contributed by atoms with Gasteiger partial charge in [-0.1, -0.05) is 43.3 Å². The molecule has 3 N–H and O–H groups in total. The van der Waals surface area contributed by atoms with E-state index in [1.807, 2.05) is 13.0 Å². The number of esters is 1. The highest BCUT2D eigenvalue weighted by molar-refractivity contribution is 8.00. The van der Waals surface area contributed by atoms with Crippen molar-refractivity contribution in [3.05, 3.63) is 113 Å². The van der Waals surface area contributed by atoms with E-state index in [1.165, 1.54) is 46.3 Å². The number of carbonyl (C=O) groups is 4. The summed E-state index contributed by atoms with van der Waals surface area (Å²) in [6, 6.07) is 25.4. The number of methoxy groups -OCH3 is 4. The lowest BCUT2D eigenvalue weighted by Gasteiger charge is -2.17. The molecule has 0 saturated heterocycles. The first-order valence-corrected chi connectivity index (χ1v) is 16.0. The van der Waals surface area contributed by atoms with Gasteiger partial charge in [-0.25, -0.2) is 4.79 Å². The van der Waals surface area contributed by atoms with E-state index in [0.29, 0.717) is 51.1 Å². The highest BCUT2D eigenvalue weighted by Crippen LogP contribution is 2.39. The van der Waals surface area contributed by atoms with Gasteiger partial charge in [-0.05, 0) is 72.7 Å². The van der Waals surface area contributed by atoms with Gasteiger partial charge in [0.2, 0.25) is 11.7 Å². The van der Waals surface area contributed by atoms with Crippen LogP contribution in [0, 0.1) is 0 Å². The normalized spacial score (nSPS) is 11.5. The number of nitrogens with one attached hydrogen (secondary N) is 3. The van der Waals surface area contributed by atoms with Gasteiger partial charge >= 0.3 is 5.97 Å². The Morgan fingerprint density at radius 3 is 2.08 bits per heavy atom. The zero-order valence-corrected chi connectivity index (χ0v) is 28.5. The molecule has 1 unspecified atom stereocenters. The van der Waals surface area contributed by atoms with Crippen molar-refractivity contribution in [1.29, 1.82) is 0 Å². The zero-order chi connectivity index (χ0) is 35.3. The van der Waals surface area contributed by atoms with Crippen molar-refractivity contribution in [3.8, 4) is 17.2 Å². The first kappa shape index (κ1) is 36.1. The van der Waals surface area contributed by atoms with Gasteiger partial charge in [0, 0.05) is 16.1 Å². The summed E-state index contributed by atoms with van der Waals surface area (Å²) in [6.07, 6.45) is 1.99. The predicted octanol–water partition coefficient (Wildman–Crippen LogP) is 6.42. The number of carbonyl (C=O) groups excluding carboxylic acids is 4. The minimum atomic E-state index is -0.593. The Balaban J connectivity index is 1.58. The number of benzene rings is 4. The monoisotopic (exact) mass is 683 g/mol. The van der Waals surface area contributed by atoms with Crippen molar-refractivity contribution in [2.45, 2.75) is 23.5 Å². The van der Waals surface area contributed by atoms with Gasteiger partial charge in [0.25, 0.3) is 11.8 Å². The standard InChI is InChI=1S/C37H37N3O8S/c1-6-32(36(43)39-28-18-11-10-17-27(28)37(44)48-5)49-26-16-12-15-25(22-26)38-35(42)29(40-34(41)24-13-8-7-9-14-24)19-23-20-30(45-2)33(47-4)31(21-23)46-3/h7-22,32H,6H2,1-5H3,(H,38,42)(H,39,43)(H,40,41)/b29-19+. The zero-order valence-electron chi connectivity index (χ0n) is 27.7. The summed E-state index contributed by atoms with van der Waals surface area (Å²) < 4.78 is 21.2. The number of hydrogen-bond donors (Lipinski definition) is 3. The maximum Gasteiger partial charge on any atom is 0.339 e. The molecule has 4 aromatic carbocycles. The summed E-state index contributed by atoms with van der Waals surface area (Å²) in [6.45, 7) is 1.88. The molecule has 49 heavy (non-hydrogen) atoms. The van der Waals surface area contributed by atoms with E-state index in [1.54, 1.807) is 84.9 Å². The number of hydrogen-bond acceptors (Lipinski definition) is 9. The van der Waals surface area contributed by atoms with Crippen LogP contribution in [0.25, 0.3) is 6.08 Å². The smallest absolute Gasteiger partial charge is 0.339 e. The molecule has 12 heteroatoms. The van der Waals surface area contributed by atoms with Crippen LogP contribution < -0.4 is 30.2 Å². The Hall–Kier alpha value is -5.75. The highest BCUT2D eigenvalue weighted by atomic mass is 32.2. The predicted molar refractivity (Wildman–Crippen MR) is 189 cm³/mol. The van der Waals surface area contributed by atoms with Crippen LogP contribution in [-0.2, 0) is 14.3 Å². The van der Waals surface area contributed by atoms with Crippen molar-refractivity contribution in [2.75, 3.05) is 39.1 Å². The van der Waals surface area contributed by atoms with Crippen LogP contribution in [0.4, 0.5) is 11.4 Å². The number of anilines is 2. The average molecular weight is 684 g/mol. The van der Waals surface area contributed by atoms with E-state index in [4.69, 9.17) is 18.9 Å². The molecular weight excluding hydrogens is 646 g/mol. The summed E-state index contributed by atoms with van der Waals surface area (Å²) in [4.78, 5) is 53.1. The number of thioether (sulfide) groups is 1. The summed E-state index contributed by atoms with van der Waals surface area (Å²) in [5.74, 6) is -0.807. The van der Waals surface area contributed by atoms with E-state index in [-0.39, 0.29) is 17.2 Å². The molecule has 0 bridgehead atoms. The van der Waals surface area contributed by atoms with Gasteiger partial charge in [0.05, 0.1) is 44.9 Å². The fraction of sp³-hybridized carbons (Fsp3) is 0.189. The third-order valence-corrected chi connectivity index (χ3v) is 8.51. The van der Waals surface area contributed by atoms with Gasteiger partial charge in [0.1, 0.15) is 5.70 Å². The van der Waals surface area contributed by atoms with Crippen LogP contribution in [0.3, 0.4) is 0 Å². The number of ether oxygens (including phenoxy) is 4. The molecule has 0 spiro atoms. The highest BCUT2D eigenvalue weighted by Gasteiger charge is 2.22. The van der Waals surface area contributed by atoms with E-state index >= 15 is 0 Å². The van der Waals surface area contributed by atoms with Gasteiger partial charge in [-0.2, -0.15) is 0 Å². The molecule has 3 amide bonds. The summed E-state index contributed by atoms with van der Waals surface area (Å²) in [5, 5.41) is 7.89. The summed E-state index contributed by atoms with van der Waals surface area (Å²) >= 11 is 1.30. The molecule has 0 aliphatic carbocycles. The van der Waals surface area contributed by atoms with Gasteiger partial charge in [-0.3, -0.25) is 14.4 Å². The Morgan fingerprint density at radius 1 is 0.776 bits per heavy atom. The molecule has 0 saturated carbocycles. The van der Waals surface area contributed by atoms with Crippen LogP contribution in [0.2, 0.25) is 0 Å². The second kappa shape index (κ2) is 17.4. The van der Waals surface area contributed by atoms with E-state index < -0.39 is 23.0 Å². The topological polar surface area (TPSA) is 141 Å². The lowest BCUT2D eigenvalue weighted by molar-refractivity contribution is -0.116. The fourth-order valence-electron chi connectivity index (χ4n) is 4.72. The molecule has 0 aliphatic heterocycles. The second-order valence-corrected chi connectivity index (χ2v) is 11.6. The SMILES string of the molecule is CCC(Sc1cccc(NC(=O)/C(=C\c2cc(OC)c(OC)c(OC)c2)NC(=O)c2ccccc2)c1)C(=O)Nc1ccccc1C(=O)OC. The van der Waals surface area contributed by atoms with E-state index in [2.05, 4.69) is 16.0 Å². The molecule has 0 fully saturated rings. The van der Waals surface area contributed by atoms with Crippen LogP contribution in [0.5, 0.6) is 17.2 Å². The maximum absolute atomic E-state index is 13.7. The van der Waals surface area contributed by atoms with Gasteiger partial charge in [-0.15, -0.1) is 11.8 Å². The van der Waals surface area contributed by atoms with Crippen LogP contribution >= 0.6 is 11.8 Å². The minimum Gasteiger partial charge on any atom is -0.493 e. The lowest BCUT2D eigenvalue weighted by Crippen LogP contribution is -2.30. The quantitative estimate of drug-likeness (QED) is 0.0780. The summed E-state index contributed by atoms with van der Waals surface area (Å²) in [5.41, 5.74) is 1.86. The Kier molecular flexibility index (Phi) is 12.8. The van der Waals surface area contributed by atoms with Crippen LogP contribution in [-0.4, -0.2) is 57.4 Å². The maximum atomic E-state index is 13.7. The number of para-hydroxylation sites is 1. The molecule has 11 nitrogen and oxygen atoms in total. The molecule has 4 rings (SSSR count). The Morgan fingerprint density at radius 2 is 1.45 bits per heavy atom. The average Bonchev–Trinajstić information content (AvgIpc) is 3.13. The fourth-order valence-corrected chi connectivity index (χ4v) is 5.73. The van der Waals surface area contributed by atoms with Crippen LogP contribution in [0.15, 0.2) is 102 Å². The van der Waals surface area contributed by atoms with Crippen molar-refractivity contribution in [3.63, 3.8) is 0 Å². The molecule has 4 aromatic rings.